The van der Waals surface area contributed by atoms with Gasteiger partial charge in [0.05, 0.1) is 12.1 Å². The molecule has 1 aliphatic heterocycles. The van der Waals surface area contributed by atoms with Crippen molar-refractivity contribution in [2.24, 2.45) is 0 Å². The molecule has 1 heterocycles. The van der Waals surface area contributed by atoms with Crippen molar-refractivity contribution in [3.8, 4) is 5.75 Å². The molecule has 1 fully saturated rings. The maximum absolute atomic E-state index is 11.8. The Morgan fingerprint density at radius 1 is 1.24 bits per heavy atom. The average Bonchev–Trinajstić information content (AvgIpc) is 2.85. The summed E-state index contributed by atoms with van der Waals surface area (Å²) < 4.78 is 8.88. The summed E-state index contributed by atoms with van der Waals surface area (Å²) in [6, 6.07) is 4.97. The van der Waals surface area contributed by atoms with Crippen molar-refractivity contribution in [2.75, 3.05) is 18.8 Å². The van der Waals surface area contributed by atoms with Gasteiger partial charge >= 0.3 is 7.82 Å². The van der Waals surface area contributed by atoms with Gasteiger partial charge in [-0.3, -0.25) is 4.79 Å². The number of rotatable bonds is 2. The van der Waals surface area contributed by atoms with Gasteiger partial charge in [0, 0.05) is 13.1 Å². The molecule has 0 saturated carbocycles. The molecule has 1 aromatic carbocycles. The molecule has 21 heavy (non-hydrogen) atoms. The van der Waals surface area contributed by atoms with Crippen molar-refractivity contribution in [3.63, 3.8) is 0 Å². The number of hydrogen-bond donors (Lipinski definition) is 5. The molecular weight excluding hydrogens is 299 g/mol. The number of anilines is 1. The quantitative estimate of drug-likeness (QED) is 0.298. The second kappa shape index (κ2) is 7.42. The molecule has 118 valence electrons. The largest absolute Gasteiger partial charge is 0.506 e. The number of nitrogens with two attached hydrogens (primary N) is 1. The van der Waals surface area contributed by atoms with Gasteiger partial charge in [0.25, 0.3) is 0 Å². The minimum Gasteiger partial charge on any atom is -0.506 e. The number of likely N-dealkylation sites (tertiary alicyclic amines) is 1. The monoisotopic (exact) mass is 318 g/mol. The highest BCUT2D eigenvalue weighted by Crippen LogP contribution is 2.25. The Balaban J connectivity index is 0.000000383. The Bertz CT molecular complexity index is 530. The SMILES string of the molecule is Nc1ccc(CC(=O)N2CCCC2)cc1O.O=P(O)(O)O. The Morgan fingerprint density at radius 2 is 1.76 bits per heavy atom. The molecule has 0 atom stereocenters. The van der Waals surface area contributed by atoms with Gasteiger partial charge in [0.1, 0.15) is 5.75 Å². The third-order valence-electron chi connectivity index (χ3n) is 2.91. The Kier molecular flexibility index (Phi) is 6.17. The number of amides is 1. The van der Waals surface area contributed by atoms with Gasteiger partial charge in [0.15, 0.2) is 0 Å². The number of hydrogen-bond acceptors (Lipinski definition) is 4. The van der Waals surface area contributed by atoms with E-state index in [4.69, 9.17) is 25.0 Å². The molecule has 1 saturated heterocycles. The third kappa shape index (κ3) is 7.10. The summed E-state index contributed by atoms with van der Waals surface area (Å²) in [6.07, 6.45) is 2.53. The summed E-state index contributed by atoms with van der Waals surface area (Å²) >= 11 is 0. The van der Waals surface area contributed by atoms with Gasteiger partial charge in [0.2, 0.25) is 5.91 Å². The van der Waals surface area contributed by atoms with Crippen LogP contribution in [0.2, 0.25) is 0 Å². The Hall–Kier alpha value is -1.60. The van der Waals surface area contributed by atoms with Gasteiger partial charge in [-0.1, -0.05) is 6.07 Å². The summed E-state index contributed by atoms with van der Waals surface area (Å²) in [6.45, 7) is 1.72. The first kappa shape index (κ1) is 17.5. The third-order valence-corrected chi connectivity index (χ3v) is 2.91. The maximum atomic E-state index is 11.8. The first-order valence-electron chi connectivity index (χ1n) is 6.30. The van der Waals surface area contributed by atoms with Crippen molar-refractivity contribution < 1.29 is 29.1 Å². The van der Waals surface area contributed by atoms with E-state index >= 15 is 0 Å². The number of nitrogen functional groups attached to an aromatic ring is 1. The van der Waals surface area contributed by atoms with Gasteiger partial charge in [-0.2, -0.15) is 0 Å². The Morgan fingerprint density at radius 3 is 2.24 bits per heavy atom. The lowest BCUT2D eigenvalue weighted by Gasteiger charge is -2.15. The second-order valence-electron chi connectivity index (χ2n) is 4.67. The summed E-state index contributed by atoms with van der Waals surface area (Å²) in [4.78, 5) is 35.3. The first-order valence-corrected chi connectivity index (χ1v) is 7.87. The molecule has 1 aliphatic rings. The minimum atomic E-state index is -4.64. The normalized spacial score (nSPS) is 14.5. The number of phenolic OH excluding ortho intramolecular Hbond substituents is 1. The fourth-order valence-corrected chi connectivity index (χ4v) is 1.95. The Labute approximate surface area is 122 Å². The number of phenols is 1. The van der Waals surface area contributed by atoms with Crippen LogP contribution in [0, 0.1) is 0 Å². The fourth-order valence-electron chi connectivity index (χ4n) is 1.95. The molecule has 9 heteroatoms. The van der Waals surface area contributed by atoms with E-state index < -0.39 is 7.82 Å². The number of phosphoric acid groups is 1. The van der Waals surface area contributed by atoms with Crippen LogP contribution in [0.3, 0.4) is 0 Å². The predicted octanol–water partition coefficient (Wildman–Crippen LogP) is 0.211. The number of aromatic hydroxyl groups is 1. The average molecular weight is 318 g/mol. The zero-order valence-corrected chi connectivity index (χ0v) is 12.2. The van der Waals surface area contributed by atoms with Crippen LogP contribution in [-0.2, 0) is 15.8 Å². The molecule has 1 amide bonds. The molecule has 0 aromatic heterocycles. The van der Waals surface area contributed by atoms with E-state index in [-0.39, 0.29) is 11.7 Å². The number of carbonyl (C=O) groups excluding carboxylic acids is 1. The van der Waals surface area contributed by atoms with E-state index in [9.17, 15) is 9.90 Å². The van der Waals surface area contributed by atoms with Crippen molar-refractivity contribution >= 4 is 19.4 Å². The summed E-state index contributed by atoms with van der Waals surface area (Å²) in [7, 11) is -4.64. The topological polar surface area (TPSA) is 144 Å². The lowest BCUT2D eigenvalue weighted by Crippen LogP contribution is -2.29. The van der Waals surface area contributed by atoms with Crippen LogP contribution in [0.1, 0.15) is 18.4 Å². The van der Waals surface area contributed by atoms with Crippen LogP contribution in [0.15, 0.2) is 18.2 Å². The smallest absolute Gasteiger partial charge is 0.466 e. The van der Waals surface area contributed by atoms with E-state index in [0.717, 1.165) is 31.5 Å². The van der Waals surface area contributed by atoms with Gasteiger partial charge in [-0.15, -0.1) is 0 Å². The minimum absolute atomic E-state index is 0.0479. The van der Waals surface area contributed by atoms with E-state index in [0.29, 0.717) is 12.1 Å². The van der Waals surface area contributed by atoms with Crippen LogP contribution in [0.4, 0.5) is 5.69 Å². The van der Waals surface area contributed by atoms with Crippen molar-refractivity contribution in [3.05, 3.63) is 23.8 Å². The molecule has 1 aromatic rings. The molecule has 6 N–H and O–H groups in total. The highest BCUT2D eigenvalue weighted by Gasteiger charge is 2.18. The van der Waals surface area contributed by atoms with Crippen molar-refractivity contribution in [2.45, 2.75) is 19.3 Å². The molecule has 0 aliphatic carbocycles. The summed E-state index contributed by atoms with van der Waals surface area (Å²) in [5.74, 6) is 0.174. The molecule has 0 bridgehead atoms. The summed E-state index contributed by atoms with van der Waals surface area (Å²) in [5.41, 5.74) is 6.65. The zero-order chi connectivity index (χ0) is 16.0. The van der Waals surface area contributed by atoms with Crippen LogP contribution < -0.4 is 5.73 Å². The molecule has 8 nitrogen and oxygen atoms in total. The number of benzene rings is 1. The molecule has 0 radical (unpaired) electrons. The highest BCUT2D eigenvalue weighted by molar-refractivity contribution is 7.45. The molecule has 2 rings (SSSR count). The number of nitrogens with zero attached hydrogens (tertiary/aromatic N) is 1. The van der Waals surface area contributed by atoms with E-state index in [1.54, 1.807) is 18.2 Å². The molecule has 0 unspecified atom stereocenters. The van der Waals surface area contributed by atoms with Gasteiger partial charge in [-0.25, -0.2) is 4.57 Å². The van der Waals surface area contributed by atoms with Crippen LogP contribution in [0.5, 0.6) is 5.75 Å². The first-order chi connectivity index (χ1) is 9.66. The van der Waals surface area contributed by atoms with Crippen molar-refractivity contribution in [1.29, 1.82) is 0 Å². The lowest BCUT2D eigenvalue weighted by molar-refractivity contribution is -0.129. The van der Waals surface area contributed by atoms with Gasteiger partial charge < -0.3 is 30.4 Å². The number of carbonyl (C=O) groups is 1. The zero-order valence-electron chi connectivity index (χ0n) is 11.3. The van der Waals surface area contributed by atoms with Crippen LogP contribution in [-0.4, -0.2) is 43.7 Å². The van der Waals surface area contributed by atoms with E-state index in [1.807, 2.05) is 4.90 Å². The van der Waals surface area contributed by atoms with Crippen molar-refractivity contribution in [1.82, 2.24) is 4.90 Å². The van der Waals surface area contributed by atoms with Crippen LogP contribution in [0.25, 0.3) is 0 Å². The molecular formula is C12H19N2O6P. The second-order valence-corrected chi connectivity index (χ2v) is 5.70. The fraction of sp³-hybridized carbons (Fsp3) is 0.417. The van der Waals surface area contributed by atoms with E-state index in [2.05, 4.69) is 0 Å². The molecule has 0 spiro atoms. The van der Waals surface area contributed by atoms with Gasteiger partial charge in [-0.05, 0) is 30.5 Å². The van der Waals surface area contributed by atoms with Crippen LogP contribution >= 0.6 is 7.82 Å². The maximum Gasteiger partial charge on any atom is 0.466 e. The van der Waals surface area contributed by atoms with E-state index in [1.165, 1.54) is 0 Å². The lowest BCUT2D eigenvalue weighted by atomic mass is 10.1. The predicted molar refractivity (Wildman–Crippen MR) is 76.3 cm³/mol. The summed E-state index contributed by atoms with van der Waals surface area (Å²) in [5, 5.41) is 9.43. The highest BCUT2D eigenvalue weighted by atomic mass is 31.2. The standard InChI is InChI=1S/C12H16N2O2.H3O4P/c13-10-4-3-9(7-11(10)15)8-12(16)14-5-1-2-6-14;1-5(2,3)4/h3-4,7,15H,1-2,5-6,8,13H2;(H3,1,2,3,4).